The topological polar surface area (TPSA) is 86.1 Å². The summed E-state index contributed by atoms with van der Waals surface area (Å²) in [5.41, 5.74) is 0.0756. The summed E-state index contributed by atoms with van der Waals surface area (Å²) in [6.45, 7) is 0. The van der Waals surface area contributed by atoms with Crippen LogP contribution in [0.4, 0.5) is 10.1 Å². The van der Waals surface area contributed by atoms with Crippen LogP contribution >= 0.6 is 11.8 Å². The SMILES string of the molecule is COC(=O)c1cc(NC(=O)CSc2nncn2C)ccc1F. The first-order valence-corrected chi connectivity index (χ1v) is 7.14. The van der Waals surface area contributed by atoms with Crippen LogP contribution in [-0.4, -0.2) is 39.5 Å². The smallest absolute Gasteiger partial charge is 0.340 e. The number of thioether (sulfide) groups is 1. The minimum absolute atomic E-state index is 0.109. The maximum absolute atomic E-state index is 13.5. The van der Waals surface area contributed by atoms with E-state index < -0.39 is 11.8 Å². The second-order valence-corrected chi connectivity index (χ2v) is 5.19. The monoisotopic (exact) mass is 324 g/mol. The number of benzene rings is 1. The van der Waals surface area contributed by atoms with Gasteiger partial charge in [0.25, 0.3) is 0 Å². The second-order valence-electron chi connectivity index (χ2n) is 4.25. The van der Waals surface area contributed by atoms with Gasteiger partial charge in [0.2, 0.25) is 5.91 Å². The molecule has 0 saturated carbocycles. The lowest BCUT2D eigenvalue weighted by Gasteiger charge is -2.07. The number of halogens is 1. The highest BCUT2D eigenvalue weighted by Gasteiger charge is 2.14. The van der Waals surface area contributed by atoms with E-state index in [1.54, 1.807) is 11.6 Å². The van der Waals surface area contributed by atoms with Gasteiger partial charge in [-0.2, -0.15) is 0 Å². The van der Waals surface area contributed by atoms with Crippen molar-refractivity contribution < 1.29 is 18.7 Å². The van der Waals surface area contributed by atoms with Crippen LogP contribution in [0.5, 0.6) is 0 Å². The summed E-state index contributed by atoms with van der Waals surface area (Å²) in [6.07, 6.45) is 1.53. The quantitative estimate of drug-likeness (QED) is 0.662. The van der Waals surface area contributed by atoms with Crippen molar-refractivity contribution in [3.8, 4) is 0 Å². The number of anilines is 1. The molecule has 1 aromatic carbocycles. The Labute approximate surface area is 129 Å². The number of aryl methyl sites for hydroxylation is 1. The number of amides is 1. The normalized spacial score (nSPS) is 10.3. The van der Waals surface area contributed by atoms with Crippen LogP contribution in [0.15, 0.2) is 29.7 Å². The third kappa shape index (κ3) is 3.82. The fourth-order valence-corrected chi connectivity index (χ4v) is 2.29. The first-order valence-electron chi connectivity index (χ1n) is 6.15. The second kappa shape index (κ2) is 7.03. The first kappa shape index (κ1) is 16.0. The maximum Gasteiger partial charge on any atom is 0.340 e. The lowest BCUT2D eigenvalue weighted by Crippen LogP contribution is -2.15. The summed E-state index contributed by atoms with van der Waals surface area (Å²) < 4.78 is 19.6. The number of nitrogens with zero attached hydrogens (tertiary/aromatic N) is 3. The number of hydrogen-bond donors (Lipinski definition) is 1. The van der Waals surface area contributed by atoms with Crippen molar-refractivity contribution in [1.82, 2.24) is 14.8 Å². The minimum Gasteiger partial charge on any atom is -0.465 e. The molecule has 1 N–H and O–H groups in total. The number of carbonyl (C=O) groups excluding carboxylic acids is 2. The van der Waals surface area contributed by atoms with E-state index in [4.69, 9.17) is 0 Å². The number of hydrogen-bond acceptors (Lipinski definition) is 6. The molecule has 0 aliphatic rings. The molecule has 7 nitrogen and oxygen atoms in total. The summed E-state index contributed by atoms with van der Waals surface area (Å²) in [6, 6.07) is 3.69. The molecular weight excluding hydrogens is 311 g/mol. The van der Waals surface area contributed by atoms with E-state index in [1.807, 2.05) is 0 Å². The maximum atomic E-state index is 13.5. The van der Waals surface area contributed by atoms with Crippen molar-refractivity contribution in [3.63, 3.8) is 0 Å². The molecule has 0 unspecified atom stereocenters. The molecule has 116 valence electrons. The zero-order chi connectivity index (χ0) is 16.1. The van der Waals surface area contributed by atoms with Crippen LogP contribution in [0, 0.1) is 5.82 Å². The fraction of sp³-hybridized carbons (Fsp3) is 0.231. The molecule has 0 spiro atoms. The number of esters is 1. The third-order valence-corrected chi connectivity index (χ3v) is 3.69. The predicted octanol–water partition coefficient (Wildman–Crippen LogP) is 1.47. The Morgan fingerprint density at radius 1 is 1.45 bits per heavy atom. The minimum atomic E-state index is -0.804. The van der Waals surface area contributed by atoms with E-state index in [-0.39, 0.29) is 17.2 Å². The van der Waals surface area contributed by atoms with Crippen molar-refractivity contribution in [2.75, 3.05) is 18.2 Å². The highest BCUT2D eigenvalue weighted by Crippen LogP contribution is 2.17. The summed E-state index contributed by atoms with van der Waals surface area (Å²) in [5.74, 6) is -1.71. The van der Waals surface area contributed by atoms with Crippen molar-refractivity contribution in [1.29, 1.82) is 0 Å². The third-order valence-electron chi connectivity index (χ3n) is 2.66. The zero-order valence-electron chi connectivity index (χ0n) is 11.9. The number of methoxy groups -OCH3 is 1. The molecule has 9 heteroatoms. The highest BCUT2D eigenvalue weighted by atomic mass is 32.2. The van der Waals surface area contributed by atoms with Crippen LogP contribution in [-0.2, 0) is 16.6 Å². The average Bonchev–Trinajstić information content (AvgIpc) is 2.91. The van der Waals surface area contributed by atoms with Gasteiger partial charge in [0.15, 0.2) is 5.16 Å². The standard InChI is InChI=1S/C13H13FN4O3S/c1-18-7-15-17-13(18)22-6-11(19)16-8-3-4-10(14)9(5-8)12(20)21-2/h3-5,7H,6H2,1-2H3,(H,16,19). The van der Waals surface area contributed by atoms with Crippen molar-refractivity contribution >= 4 is 29.3 Å². The highest BCUT2D eigenvalue weighted by molar-refractivity contribution is 7.99. The van der Waals surface area contributed by atoms with E-state index in [0.29, 0.717) is 10.8 Å². The molecule has 0 aliphatic carbocycles. The van der Waals surface area contributed by atoms with Gasteiger partial charge in [0.05, 0.1) is 18.4 Å². The van der Waals surface area contributed by atoms with Gasteiger partial charge < -0.3 is 14.6 Å². The lowest BCUT2D eigenvalue weighted by atomic mass is 10.2. The van der Waals surface area contributed by atoms with Crippen LogP contribution in [0.1, 0.15) is 10.4 Å². The molecule has 22 heavy (non-hydrogen) atoms. The Kier molecular flexibility index (Phi) is 5.10. The summed E-state index contributed by atoms with van der Waals surface area (Å²) in [7, 11) is 2.92. The summed E-state index contributed by atoms with van der Waals surface area (Å²) in [4.78, 5) is 23.2. The molecule has 1 aromatic heterocycles. The van der Waals surface area contributed by atoms with Crippen molar-refractivity contribution in [3.05, 3.63) is 35.9 Å². The van der Waals surface area contributed by atoms with Gasteiger partial charge in [-0.25, -0.2) is 9.18 Å². The molecule has 0 radical (unpaired) electrons. The van der Waals surface area contributed by atoms with Gasteiger partial charge in [-0.3, -0.25) is 4.79 Å². The Morgan fingerprint density at radius 2 is 2.23 bits per heavy atom. The summed E-state index contributed by atoms with van der Waals surface area (Å²) in [5, 5.41) is 10.7. The summed E-state index contributed by atoms with van der Waals surface area (Å²) >= 11 is 1.21. The zero-order valence-corrected chi connectivity index (χ0v) is 12.7. The number of nitrogens with one attached hydrogen (secondary N) is 1. The first-order chi connectivity index (χ1) is 10.5. The van der Waals surface area contributed by atoms with Gasteiger partial charge in [-0.05, 0) is 18.2 Å². The Balaban J connectivity index is 1.99. The van der Waals surface area contributed by atoms with E-state index in [0.717, 1.165) is 13.2 Å². The molecule has 0 atom stereocenters. The van der Waals surface area contributed by atoms with Crippen molar-refractivity contribution in [2.45, 2.75) is 5.16 Å². The Morgan fingerprint density at radius 3 is 2.86 bits per heavy atom. The van der Waals surface area contributed by atoms with E-state index in [2.05, 4.69) is 20.3 Å². The molecule has 0 saturated heterocycles. The number of aromatic nitrogens is 3. The molecule has 0 fully saturated rings. The fourth-order valence-electron chi connectivity index (χ4n) is 1.60. The number of rotatable bonds is 5. The van der Waals surface area contributed by atoms with Crippen LogP contribution in [0.3, 0.4) is 0 Å². The molecule has 1 heterocycles. The molecule has 0 aliphatic heterocycles. The van der Waals surface area contributed by atoms with Crippen LogP contribution < -0.4 is 5.32 Å². The largest absolute Gasteiger partial charge is 0.465 e. The van der Waals surface area contributed by atoms with Crippen molar-refractivity contribution in [2.24, 2.45) is 7.05 Å². The molecule has 2 aromatic rings. The Bertz CT molecular complexity index is 704. The number of ether oxygens (including phenoxy) is 1. The Hall–Kier alpha value is -2.42. The molecule has 0 bridgehead atoms. The van der Waals surface area contributed by atoms with Crippen LogP contribution in [0.25, 0.3) is 0 Å². The van der Waals surface area contributed by atoms with Gasteiger partial charge in [-0.15, -0.1) is 10.2 Å². The van der Waals surface area contributed by atoms with Gasteiger partial charge >= 0.3 is 5.97 Å². The van der Waals surface area contributed by atoms with Gasteiger partial charge in [0.1, 0.15) is 12.1 Å². The van der Waals surface area contributed by atoms with Gasteiger partial charge in [-0.1, -0.05) is 11.8 Å². The molecule has 2 rings (SSSR count). The van der Waals surface area contributed by atoms with E-state index >= 15 is 0 Å². The van der Waals surface area contributed by atoms with Gasteiger partial charge in [0, 0.05) is 12.7 Å². The van der Waals surface area contributed by atoms with E-state index in [1.165, 1.54) is 30.2 Å². The number of carbonyl (C=O) groups is 2. The van der Waals surface area contributed by atoms with E-state index in [9.17, 15) is 14.0 Å². The molecule has 1 amide bonds. The predicted molar refractivity (Wildman–Crippen MR) is 78.1 cm³/mol. The average molecular weight is 324 g/mol. The lowest BCUT2D eigenvalue weighted by molar-refractivity contribution is -0.113. The van der Waals surface area contributed by atoms with Crippen LogP contribution in [0.2, 0.25) is 0 Å². The molecular formula is C13H13FN4O3S.